The third-order valence-electron chi connectivity index (χ3n) is 5.97. The number of hydrogen-bond acceptors (Lipinski definition) is 8. The number of aromatic nitrogens is 4. The van der Waals surface area contributed by atoms with Crippen molar-refractivity contribution in [3.05, 3.63) is 45.6 Å². The maximum Gasteiger partial charge on any atom is 0.193 e. The molecule has 0 unspecified atom stereocenters. The number of nitrogens with zero attached hydrogens (tertiary/aromatic N) is 5. The average Bonchev–Trinajstić information content (AvgIpc) is 3.15. The molecule has 3 aromatic rings. The van der Waals surface area contributed by atoms with Gasteiger partial charge in [0.05, 0.1) is 31.2 Å². The van der Waals surface area contributed by atoms with Gasteiger partial charge in [0.1, 0.15) is 23.7 Å². The van der Waals surface area contributed by atoms with Crippen LogP contribution in [0.4, 0.5) is 0 Å². The molecule has 30 heavy (non-hydrogen) atoms. The fourth-order valence-corrected chi connectivity index (χ4v) is 3.96. The Morgan fingerprint density at radius 3 is 2.83 bits per heavy atom. The van der Waals surface area contributed by atoms with E-state index in [4.69, 9.17) is 13.9 Å². The molecule has 158 valence electrons. The highest BCUT2D eigenvalue weighted by Gasteiger charge is 2.24. The van der Waals surface area contributed by atoms with Gasteiger partial charge in [-0.05, 0) is 48.7 Å². The molecule has 2 aliphatic rings. The molecule has 0 spiro atoms. The smallest absolute Gasteiger partial charge is 0.193 e. The first-order chi connectivity index (χ1) is 14.7. The molecule has 0 bridgehead atoms. The van der Waals surface area contributed by atoms with Crippen LogP contribution >= 0.6 is 0 Å². The second-order valence-electron chi connectivity index (χ2n) is 7.94. The van der Waals surface area contributed by atoms with Crippen LogP contribution in [0.1, 0.15) is 42.5 Å². The van der Waals surface area contributed by atoms with Gasteiger partial charge in [-0.3, -0.25) is 9.69 Å². The van der Waals surface area contributed by atoms with E-state index >= 15 is 0 Å². The minimum absolute atomic E-state index is 0.0388. The number of benzene rings is 1. The monoisotopic (exact) mass is 411 g/mol. The van der Waals surface area contributed by atoms with Gasteiger partial charge in [0.2, 0.25) is 0 Å². The minimum Gasteiger partial charge on any atom is -0.485 e. The van der Waals surface area contributed by atoms with Gasteiger partial charge in [-0.15, -0.1) is 5.10 Å². The van der Waals surface area contributed by atoms with Crippen molar-refractivity contribution in [3.63, 3.8) is 0 Å². The zero-order valence-electron chi connectivity index (χ0n) is 17.0. The summed E-state index contributed by atoms with van der Waals surface area (Å²) in [7, 11) is 0. The normalized spacial score (nSPS) is 17.9. The molecule has 3 heterocycles. The Morgan fingerprint density at radius 2 is 2.07 bits per heavy atom. The van der Waals surface area contributed by atoms with Gasteiger partial charge in [0.25, 0.3) is 0 Å². The topological polar surface area (TPSA) is 95.5 Å². The van der Waals surface area contributed by atoms with Crippen molar-refractivity contribution in [1.29, 1.82) is 0 Å². The molecule has 1 aliphatic heterocycles. The van der Waals surface area contributed by atoms with Crippen LogP contribution in [0.25, 0.3) is 11.0 Å². The third kappa shape index (κ3) is 3.70. The van der Waals surface area contributed by atoms with Gasteiger partial charge in [0.15, 0.2) is 11.3 Å². The predicted molar refractivity (Wildman–Crippen MR) is 108 cm³/mol. The van der Waals surface area contributed by atoms with E-state index in [9.17, 15) is 4.79 Å². The van der Waals surface area contributed by atoms with Crippen LogP contribution in [-0.2, 0) is 17.9 Å². The molecular weight excluding hydrogens is 386 g/mol. The summed E-state index contributed by atoms with van der Waals surface area (Å²) < 4.78 is 19.4. The zero-order valence-corrected chi connectivity index (χ0v) is 17.0. The maximum absolute atomic E-state index is 12.6. The third-order valence-corrected chi connectivity index (χ3v) is 5.97. The van der Waals surface area contributed by atoms with Crippen LogP contribution in [0, 0.1) is 6.92 Å². The highest BCUT2D eigenvalue weighted by molar-refractivity contribution is 5.81. The molecule has 1 saturated carbocycles. The van der Waals surface area contributed by atoms with Crippen LogP contribution in [0.3, 0.4) is 0 Å². The van der Waals surface area contributed by atoms with Crippen molar-refractivity contribution < 1.29 is 13.9 Å². The van der Waals surface area contributed by atoms with Crippen molar-refractivity contribution >= 4 is 11.0 Å². The van der Waals surface area contributed by atoms with Gasteiger partial charge >= 0.3 is 0 Å². The molecule has 0 N–H and O–H groups in total. The number of ether oxygens (including phenoxy) is 2. The number of rotatable bonds is 6. The number of tetrazole rings is 1. The van der Waals surface area contributed by atoms with Crippen molar-refractivity contribution in [2.24, 2.45) is 0 Å². The first-order valence-electron chi connectivity index (χ1n) is 10.4. The van der Waals surface area contributed by atoms with Crippen LogP contribution in [0.15, 0.2) is 27.4 Å². The Hall–Kier alpha value is -2.78. The molecular formula is C21H25N5O4. The summed E-state index contributed by atoms with van der Waals surface area (Å²) >= 11 is 0. The van der Waals surface area contributed by atoms with E-state index in [-0.39, 0.29) is 12.0 Å². The summed E-state index contributed by atoms with van der Waals surface area (Å²) in [6, 6.07) is 5.53. The van der Waals surface area contributed by atoms with Gasteiger partial charge in [-0.1, -0.05) is 0 Å². The second-order valence-corrected chi connectivity index (χ2v) is 7.94. The Kier molecular flexibility index (Phi) is 5.22. The quantitative estimate of drug-likeness (QED) is 0.609. The lowest BCUT2D eigenvalue weighted by atomic mass is 9.93. The molecule has 1 saturated heterocycles. The average molecular weight is 411 g/mol. The molecule has 0 atom stereocenters. The highest BCUT2D eigenvalue weighted by atomic mass is 16.5. The summed E-state index contributed by atoms with van der Waals surface area (Å²) in [5.41, 5.74) is 1.33. The van der Waals surface area contributed by atoms with Crippen LogP contribution in [0.2, 0.25) is 0 Å². The molecule has 5 rings (SSSR count). The molecule has 2 aromatic heterocycles. The molecule has 2 fully saturated rings. The van der Waals surface area contributed by atoms with E-state index in [1.54, 1.807) is 12.1 Å². The standard InChI is InChI=1S/C21H25N5O4/c1-14-19(29-13-20-22-23-24-26(20)15-3-2-4-15)6-5-17-18(27)11-16(30-21(14)17)12-25-7-9-28-10-8-25/h5-6,11,15H,2-4,7-10,12-13H2,1H3. The predicted octanol–water partition coefficient (Wildman–Crippen LogP) is 2.22. The van der Waals surface area contributed by atoms with E-state index in [1.165, 1.54) is 6.42 Å². The van der Waals surface area contributed by atoms with Crippen molar-refractivity contribution in [2.75, 3.05) is 26.3 Å². The number of morpholine rings is 1. The summed E-state index contributed by atoms with van der Waals surface area (Å²) in [6.45, 7) is 5.85. The number of fused-ring (bicyclic) bond motifs is 1. The molecule has 0 radical (unpaired) electrons. The van der Waals surface area contributed by atoms with Crippen LogP contribution < -0.4 is 10.2 Å². The largest absolute Gasteiger partial charge is 0.485 e. The summed E-state index contributed by atoms with van der Waals surface area (Å²) in [5, 5.41) is 12.6. The first kappa shape index (κ1) is 19.2. The summed E-state index contributed by atoms with van der Waals surface area (Å²) in [5.74, 6) is 2.03. The Morgan fingerprint density at radius 1 is 1.23 bits per heavy atom. The fourth-order valence-electron chi connectivity index (χ4n) is 3.96. The second kappa shape index (κ2) is 8.16. The fraction of sp³-hybridized carbons (Fsp3) is 0.524. The SMILES string of the molecule is Cc1c(OCc2nnnn2C2CCC2)ccc2c(=O)cc(CN3CCOCC3)oc12. The lowest BCUT2D eigenvalue weighted by molar-refractivity contribution is 0.0314. The van der Waals surface area contributed by atoms with Crippen molar-refractivity contribution in [1.82, 2.24) is 25.1 Å². The van der Waals surface area contributed by atoms with Gasteiger partial charge in [-0.25, -0.2) is 4.68 Å². The molecule has 1 aliphatic carbocycles. The molecule has 1 aromatic carbocycles. The minimum atomic E-state index is -0.0388. The molecule has 0 amide bonds. The van der Waals surface area contributed by atoms with E-state index in [1.807, 2.05) is 17.7 Å². The van der Waals surface area contributed by atoms with Gasteiger partial charge in [-0.2, -0.15) is 0 Å². The van der Waals surface area contributed by atoms with Gasteiger partial charge in [0, 0.05) is 24.7 Å². The van der Waals surface area contributed by atoms with Crippen molar-refractivity contribution in [2.45, 2.75) is 45.4 Å². The lowest BCUT2D eigenvalue weighted by Gasteiger charge is -2.26. The summed E-state index contributed by atoms with van der Waals surface area (Å²) in [4.78, 5) is 14.9. The molecule has 9 heteroatoms. The maximum atomic E-state index is 12.6. The van der Waals surface area contributed by atoms with Crippen LogP contribution in [0.5, 0.6) is 5.75 Å². The zero-order chi connectivity index (χ0) is 20.5. The number of hydrogen-bond donors (Lipinski definition) is 0. The Bertz CT molecular complexity index is 1100. The van der Waals surface area contributed by atoms with Gasteiger partial charge < -0.3 is 13.9 Å². The first-order valence-corrected chi connectivity index (χ1v) is 10.4. The van der Waals surface area contributed by atoms with Crippen molar-refractivity contribution in [3.8, 4) is 5.75 Å². The highest BCUT2D eigenvalue weighted by Crippen LogP contribution is 2.32. The Balaban J connectivity index is 1.38. The van der Waals surface area contributed by atoms with E-state index in [0.717, 1.165) is 31.5 Å². The van der Waals surface area contributed by atoms with E-state index in [2.05, 4.69) is 20.4 Å². The Labute approximate surface area is 173 Å². The van der Waals surface area contributed by atoms with E-state index < -0.39 is 0 Å². The molecule has 9 nitrogen and oxygen atoms in total. The van der Waals surface area contributed by atoms with E-state index in [0.29, 0.717) is 54.1 Å². The number of aryl methyl sites for hydroxylation is 1. The summed E-state index contributed by atoms with van der Waals surface area (Å²) in [6.07, 6.45) is 3.41. The lowest BCUT2D eigenvalue weighted by Crippen LogP contribution is -2.35. The van der Waals surface area contributed by atoms with Crippen LogP contribution in [-0.4, -0.2) is 51.4 Å².